The number of rotatable bonds is 6. The van der Waals surface area contributed by atoms with Crippen molar-refractivity contribution in [2.45, 2.75) is 39.8 Å². The number of hydrogen-bond donors (Lipinski definition) is 2. The average Bonchev–Trinajstić information content (AvgIpc) is 2.25. The fraction of sp³-hybridized carbons (Fsp3) is 0.727. The molecule has 0 aliphatic rings. The zero-order valence-electron chi connectivity index (χ0n) is 11.1. The van der Waals surface area contributed by atoms with Crippen molar-refractivity contribution < 1.29 is 23.9 Å². The molecule has 0 radical (unpaired) electrons. The van der Waals surface area contributed by atoms with Crippen molar-refractivity contribution in [3.8, 4) is 0 Å². The molecule has 7 heteroatoms. The molecule has 7 nitrogen and oxygen atoms in total. The van der Waals surface area contributed by atoms with E-state index in [1.165, 1.54) is 0 Å². The van der Waals surface area contributed by atoms with E-state index < -0.39 is 24.0 Å². The van der Waals surface area contributed by atoms with E-state index in [4.69, 9.17) is 9.47 Å². The molecule has 0 atom stereocenters. The van der Waals surface area contributed by atoms with Crippen LogP contribution in [0.3, 0.4) is 0 Å². The monoisotopic (exact) mass is 260 g/mol. The van der Waals surface area contributed by atoms with Crippen LogP contribution >= 0.6 is 0 Å². The lowest BCUT2D eigenvalue weighted by molar-refractivity contribution is -0.157. The highest BCUT2D eigenvalue weighted by Gasteiger charge is 2.31. The summed E-state index contributed by atoms with van der Waals surface area (Å²) in [7, 11) is 0. The van der Waals surface area contributed by atoms with Crippen LogP contribution in [-0.4, -0.2) is 43.3 Å². The van der Waals surface area contributed by atoms with E-state index in [9.17, 15) is 14.4 Å². The van der Waals surface area contributed by atoms with Gasteiger partial charge in [0.2, 0.25) is 6.04 Å². The maximum absolute atomic E-state index is 11.5. The molecule has 2 N–H and O–H groups in total. The summed E-state index contributed by atoms with van der Waals surface area (Å²) >= 11 is 0. The van der Waals surface area contributed by atoms with Crippen LogP contribution < -0.4 is 10.6 Å². The zero-order valence-corrected chi connectivity index (χ0v) is 11.1. The molecule has 104 valence electrons. The number of urea groups is 1. The van der Waals surface area contributed by atoms with Crippen LogP contribution in [0.2, 0.25) is 0 Å². The first-order valence-electron chi connectivity index (χ1n) is 5.82. The van der Waals surface area contributed by atoms with Crippen LogP contribution in [0.4, 0.5) is 4.79 Å². The Bertz CT molecular complexity index is 286. The molecular weight excluding hydrogens is 240 g/mol. The number of hydrogen-bond acceptors (Lipinski definition) is 5. The van der Waals surface area contributed by atoms with Crippen molar-refractivity contribution in [3.05, 3.63) is 0 Å². The Balaban J connectivity index is 4.61. The Labute approximate surface area is 106 Å². The van der Waals surface area contributed by atoms with Crippen LogP contribution in [0, 0.1) is 0 Å². The first kappa shape index (κ1) is 16.2. The van der Waals surface area contributed by atoms with Gasteiger partial charge in [-0.25, -0.2) is 14.4 Å². The Morgan fingerprint density at radius 3 is 1.72 bits per heavy atom. The number of ether oxygens (including phenoxy) is 2. The third-order valence-corrected chi connectivity index (χ3v) is 1.74. The summed E-state index contributed by atoms with van der Waals surface area (Å²) < 4.78 is 9.39. The van der Waals surface area contributed by atoms with E-state index in [1.54, 1.807) is 27.7 Å². The van der Waals surface area contributed by atoms with Crippen LogP contribution in [0.5, 0.6) is 0 Å². The van der Waals surface area contributed by atoms with Gasteiger partial charge in [0.25, 0.3) is 0 Å². The molecule has 0 unspecified atom stereocenters. The average molecular weight is 260 g/mol. The third-order valence-electron chi connectivity index (χ3n) is 1.74. The van der Waals surface area contributed by atoms with Gasteiger partial charge in [-0.15, -0.1) is 0 Å². The Hall–Kier alpha value is -1.79. The summed E-state index contributed by atoms with van der Waals surface area (Å²) in [5, 5.41) is 4.72. The molecule has 2 amide bonds. The normalized spacial score (nSPS) is 10.1. The van der Waals surface area contributed by atoms with Crippen molar-refractivity contribution in [2.75, 3.05) is 13.2 Å². The van der Waals surface area contributed by atoms with Crippen molar-refractivity contribution in [1.29, 1.82) is 0 Å². The number of esters is 2. The van der Waals surface area contributed by atoms with Gasteiger partial charge in [0, 0.05) is 6.04 Å². The predicted octanol–water partition coefficient (Wildman–Crippen LogP) is 0.189. The molecule has 0 rings (SSSR count). The second kappa shape index (κ2) is 8.32. The highest BCUT2D eigenvalue weighted by molar-refractivity contribution is 6.02. The second-order valence-electron chi connectivity index (χ2n) is 3.71. The predicted molar refractivity (Wildman–Crippen MR) is 63.9 cm³/mol. The lowest BCUT2D eigenvalue weighted by Crippen LogP contribution is -2.52. The number of carbonyl (C=O) groups is 3. The highest BCUT2D eigenvalue weighted by Crippen LogP contribution is 1.95. The first-order chi connectivity index (χ1) is 8.42. The second-order valence-corrected chi connectivity index (χ2v) is 3.71. The fourth-order valence-electron chi connectivity index (χ4n) is 1.10. The summed E-state index contributed by atoms with van der Waals surface area (Å²) in [4.78, 5) is 34.5. The van der Waals surface area contributed by atoms with Gasteiger partial charge >= 0.3 is 18.0 Å². The van der Waals surface area contributed by atoms with Crippen LogP contribution in [0.25, 0.3) is 0 Å². The van der Waals surface area contributed by atoms with Gasteiger partial charge < -0.3 is 20.1 Å². The fourth-order valence-corrected chi connectivity index (χ4v) is 1.10. The van der Waals surface area contributed by atoms with Crippen LogP contribution in [-0.2, 0) is 19.1 Å². The summed E-state index contributed by atoms with van der Waals surface area (Å²) in [6.45, 7) is 6.94. The molecule has 0 aromatic heterocycles. The Kier molecular flexibility index (Phi) is 7.50. The largest absolute Gasteiger partial charge is 0.464 e. The first-order valence-corrected chi connectivity index (χ1v) is 5.82. The number of carbonyl (C=O) groups excluding carboxylic acids is 3. The minimum atomic E-state index is -1.44. The summed E-state index contributed by atoms with van der Waals surface area (Å²) in [6, 6.07) is -2.19. The maximum atomic E-state index is 11.5. The molecule has 18 heavy (non-hydrogen) atoms. The van der Waals surface area contributed by atoms with Gasteiger partial charge in [-0.3, -0.25) is 0 Å². The minimum absolute atomic E-state index is 0.113. The van der Waals surface area contributed by atoms with Crippen LogP contribution in [0.15, 0.2) is 0 Å². The van der Waals surface area contributed by atoms with Gasteiger partial charge in [0.15, 0.2) is 0 Å². The molecule has 0 saturated carbocycles. The lowest BCUT2D eigenvalue weighted by atomic mass is 10.3. The molecule has 0 aliphatic carbocycles. The van der Waals surface area contributed by atoms with E-state index in [0.717, 1.165) is 0 Å². The molecule has 0 fully saturated rings. The summed E-state index contributed by atoms with van der Waals surface area (Å²) in [5.74, 6) is -1.68. The molecular formula is C11H20N2O5. The summed E-state index contributed by atoms with van der Waals surface area (Å²) in [5.41, 5.74) is 0. The topological polar surface area (TPSA) is 93.7 Å². The quantitative estimate of drug-likeness (QED) is 0.525. The number of amides is 2. The molecule has 0 spiro atoms. The van der Waals surface area contributed by atoms with Gasteiger partial charge in [0.05, 0.1) is 13.2 Å². The Morgan fingerprint density at radius 2 is 1.39 bits per heavy atom. The van der Waals surface area contributed by atoms with Gasteiger partial charge in [-0.1, -0.05) is 0 Å². The summed E-state index contributed by atoms with van der Waals surface area (Å²) in [6.07, 6.45) is 0. The zero-order chi connectivity index (χ0) is 14.1. The standard InChI is InChI=1S/C11H20N2O5/c1-5-17-9(14)8(10(15)18-6-2)13-11(16)12-7(3)4/h7-8H,5-6H2,1-4H3,(H2,12,13,16). The van der Waals surface area contributed by atoms with Crippen molar-refractivity contribution in [2.24, 2.45) is 0 Å². The minimum Gasteiger partial charge on any atom is -0.464 e. The molecule has 0 aromatic carbocycles. The molecule has 0 bridgehead atoms. The van der Waals surface area contributed by atoms with E-state index in [0.29, 0.717) is 0 Å². The van der Waals surface area contributed by atoms with Gasteiger partial charge in [-0.05, 0) is 27.7 Å². The number of nitrogens with one attached hydrogen (secondary N) is 2. The van der Waals surface area contributed by atoms with E-state index >= 15 is 0 Å². The lowest BCUT2D eigenvalue weighted by Gasteiger charge is -2.17. The smallest absolute Gasteiger partial charge is 0.340 e. The van der Waals surface area contributed by atoms with Crippen LogP contribution in [0.1, 0.15) is 27.7 Å². The highest BCUT2D eigenvalue weighted by atomic mass is 16.6. The molecule has 0 saturated heterocycles. The molecule has 0 aliphatic heterocycles. The maximum Gasteiger partial charge on any atom is 0.340 e. The SMILES string of the molecule is CCOC(=O)C(NC(=O)NC(C)C)C(=O)OCC. The van der Waals surface area contributed by atoms with E-state index in [2.05, 4.69) is 10.6 Å². The molecule has 0 aromatic rings. The molecule has 0 heterocycles. The van der Waals surface area contributed by atoms with E-state index in [-0.39, 0.29) is 19.3 Å². The van der Waals surface area contributed by atoms with Crippen molar-refractivity contribution >= 4 is 18.0 Å². The van der Waals surface area contributed by atoms with Gasteiger partial charge in [-0.2, -0.15) is 0 Å². The van der Waals surface area contributed by atoms with Crippen molar-refractivity contribution in [3.63, 3.8) is 0 Å². The van der Waals surface area contributed by atoms with Crippen molar-refractivity contribution in [1.82, 2.24) is 10.6 Å². The Morgan fingerprint density at radius 1 is 0.944 bits per heavy atom. The third kappa shape index (κ3) is 6.07. The van der Waals surface area contributed by atoms with E-state index in [1.807, 2.05) is 0 Å². The van der Waals surface area contributed by atoms with Gasteiger partial charge in [0.1, 0.15) is 0 Å².